The van der Waals surface area contributed by atoms with Gasteiger partial charge in [0.25, 0.3) is 0 Å². The minimum Gasteiger partial charge on any atom is -0.143 e. The molecule has 27 heavy (non-hydrogen) atoms. The number of benzene rings is 1. The first-order valence-electron chi connectivity index (χ1n) is 11.3. The maximum atomic E-state index is 2.37. The van der Waals surface area contributed by atoms with Gasteiger partial charge in [0, 0.05) is 4.90 Å². The van der Waals surface area contributed by atoms with Gasteiger partial charge in [-0.25, -0.2) is 0 Å². The molecule has 0 fully saturated rings. The first-order chi connectivity index (χ1) is 13.3. The number of hydrogen-bond acceptors (Lipinski definition) is 3. The summed E-state index contributed by atoms with van der Waals surface area (Å²) in [5, 5.41) is 0. The van der Waals surface area contributed by atoms with Crippen LogP contribution in [-0.4, -0.2) is 17.3 Å². The molecular formula is C24H42S3. The van der Waals surface area contributed by atoms with Crippen LogP contribution in [0.4, 0.5) is 0 Å². The van der Waals surface area contributed by atoms with Crippen LogP contribution in [0.2, 0.25) is 0 Å². The Morgan fingerprint density at radius 2 is 1.19 bits per heavy atom. The molecule has 0 N–H and O–H groups in total. The van der Waals surface area contributed by atoms with Gasteiger partial charge in [0.05, 0.1) is 4.58 Å². The summed E-state index contributed by atoms with van der Waals surface area (Å²) in [7, 11) is 0. The van der Waals surface area contributed by atoms with E-state index in [0.29, 0.717) is 4.58 Å². The van der Waals surface area contributed by atoms with E-state index >= 15 is 0 Å². The molecule has 0 saturated heterocycles. The van der Waals surface area contributed by atoms with Gasteiger partial charge in [-0.1, -0.05) is 90.3 Å². The normalized spacial score (nSPS) is 11.4. The van der Waals surface area contributed by atoms with Gasteiger partial charge in [0.1, 0.15) is 0 Å². The highest BCUT2D eigenvalue weighted by atomic mass is 32.2. The van der Waals surface area contributed by atoms with E-state index in [4.69, 9.17) is 0 Å². The van der Waals surface area contributed by atoms with E-state index in [2.05, 4.69) is 80.3 Å². The molecule has 1 aromatic carbocycles. The molecule has 0 amide bonds. The van der Waals surface area contributed by atoms with Gasteiger partial charge in [0.15, 0.2) is 0 Å². The molecule has 0 radical (unpaired) electrons. The summed E-state index contributed by atoms with van der Waals surface area (Å²) in [6.07, 6.45) is 15.3. The Balaban J connectivity index is 2.33. The van der Waals surface area contributed by atoms with Crippen molar-refractivity contribution in [1.82, 2.24) is 0 Å². The fourth-order valence-corrected chi connectivity index (χ4v) is 6.96. The Bertz CT molecular complexity index is 439. The van der Waals surface area contributed by atoms with Gasteiger partial charge < -0.3 is 0 Å². The molecule has 0 aromatic heterocycles. The van der Waals surface area contributed by atoms with Crippen LogP contribution in [-0.2, 0) is 0 Å². The summed E-state index contributed by atoms with van der Waals surface area (Å²) in [5.41, 5.74) is 1.57. The largest absolute Gasteiger partial charge is 0.143 e. The molecule has 0 aliphatic rings. The van der Waals surface area contributed by atoms with Gasteiger partial charge in [-0.2, -0.15) is 0 Å². The van der Waals surface area contributed by atoms with E-state index in [1.54, 1.807) is 5.56 Å². The zero-order chi connectivity index (χ0) is 19.6. The molecule has 0 spiro atoms. The molecule has 156 valence electrons. The predicted molar refractivity (Wildman–Crippen MR) is 133 cm³/mol. The van der Waals surface area contributed by atoms with Crippen LogP contribution in [0.25, 0.3) is 0 Å². The van der Waals surface area contributed by atoms with Crippen molar-refractivity contribution in [2.45, 2.75) is 101 Å². The second-order valence-corrected chi connectivity index (χ2v) is 11.1. The second-order valence-electron chi connectivity index (χ2n) is 7.29. The molecule has 3 heteroatoms. The average Bonchev–Trinajstić information content (AvgIpc) is 2.70. The minimum atomic E-state index is 0.608. The third kappa shape index (κ3) is 12.4. The Morgan fingerprint density at radius 1 is 0.630 bits per heavy atom. The van der Waals surface area contributed by atoms with Gasteiger partial charge in [-0.3, -0.25) is 0 Å². The molecule has 1 aromatic rings. The van der Waals surface area contributed by atoms with Crippen LogP contribution < -0.4 is 0 Å². The third-order valence-electron chi connectivity index (χ3n) is 4.63. The van der Waals surface area contributed by atoms with Crippen molar-refractivity contribution in [3.05, 3.63) is 29.8 Å². The summed E-state index contributed by atoms with van der Waals surface area (Å²) in [5.74, 6) is 3.80. The number of thioether (sulfide) groups is 3. The lowest BCUT2D eigenvalue weighted by Crippen LogP contribution is -1.96. The second kappa shape index (κ2) is 18.3. The Morgan fingerprint density at radius 3 is 1.78 bits per heavy atom. The first kappa shape index (κ1) is 25.3. The van der Waals surface area contributed by atoms with E-state index in [0.717, 1.165) is 0 Å². The van der Waals surface area contributed by atoms with E-state index < -0.39 is 0 Å². The third-order valence-corrected chi connectivity index (χ3v) is 9.02. The summed E-state index contributed by atoms with van der Waals surface area (Å²) in [6, 6.07) is 9.16. The van der Waals surface area contributed by atoms with Crippen molar-refractivity contribution < 1.29 is 0 Å². The van der Waals surface area contributed by atoms with E-state index in [1.165, 1.54) is 92.8 Å². The van der Waals surface area contributed by atoms with Crippen molar-refractivity contribution in [2.75, 3.05) is 17.3 Å². The van der Waals surface area contributed by atoms with Crippen LogP contribution >= 0.6 is 35.3 Å². The maximum Gasteiger partial charge on any atom is 0.0762 e. The smallest absolute Gasteiger partial charge is 0.0762 e. The number of hydrogen-bond donors (Lipinski definition) is 0. The van der Waals surface area contributed by atoms with Gasteiger partial charge in [-0.05, 0) is 48.2 Å². The van der Waals surface area contributed by atoms with Crippen molar-refractivity contribution >= 4 is 35.3 Å². The monoisotopic (exact) mass is 426 g/mol. The van der Waals surface area contributed by atoms with E-state index in [9.17, 15) is 0 Å². The Hall–Kier alpha value is 0.270. The molecular weight excluding hydrogens is 384 g/mol. The highest BCUT2D eigenvalue weighted by Gasteiger charge is 2.15. The topological polar surface area (TPSA) is 0 Å². The zero-order valence-corrected chi connectivity index (χ0v) is 20.5. The fourth-order valence-electron chi connectivity index (χ4n) is 3.08. The zero-order valence-electron chi connectivity index (χ0n) is 18.0. The molecule has 0 aliphatic carbocycles. The van der Waals surface area contributed by atoms with Crippen molar-refractivity contribution in [1.29, 1.82) is 0 Å². The molecule has 0 saturated carbocycles. The van der Waals surface area contributed by atoms with E-state index in [1.807, 2.05) is 0 Å². The summed E-state index contributed by atoms with van der Waals surface area (Å²) in [4.78, 5) is 1.52. The van der Waals surface area contributed by atoms with Crippen molar-refractivity contribution in [2.24, 2.45) is 0 Å². The lowest BCUT2D eigenvalue weighted by Gasteiger charge is -2.19. The predicted octanol–water partition coefficient (Wildman–Crippen LogP) is 9.59. The lowest BCUT2D eigenvalue weighted by molar-refractivity contribution is 0.573. The Labute approximate surface area is 182 Å². The molecule has 0 unspecified atom stereocenters. The van der Waals surface area contributed by atoms with Crippen molar-refractivity contribution in [3.8, 4) is 0 Å². The molecule has 1 rings (SSSR count). The maximum absolute atomic E-state index is 2.37. The highest BCUT2D eigenvalue weighted by molar-refractivity contribution is 8.16. The number of rotatable bonds is 18. The van der Waals surface area contributed by atoms with Crippen LogP contribution in [0.15, 0.2) is 29.2 Å². The van der Waals surface area contributed by atoms with Gasteiger partial charge >= 0.3 is 0 Å². The fraction of sp³-hybridized carbons (Fsp3) is 0.750. The molecule has 0 atom stereocenters. The average molecular weight is 427 g/mol. The molecule has 0 nitrogen and oxygen atoms in total. The van der Waals surface area contributed by atoms with Crippen LogP contribution in [0.1, 0.15) is 102 Å². The molecule has 0 heterocycles. The lowest BCUT2D eigenvalue weighted by atomic mass is 10.1. The SMILES string of the molecule is CCCCCCCCCCCSc1ccccc1C(SCCC)SCCC. The van der Waals surface area contributed by atoms with Crippen molar-refractivity contribution in [3.63, 3.8) is 0 Å². The standard InChI is InChI=1S/C24H42S3/c1-4-7-8-9-10-11-12-13-16-21-25-23-18-15-14-17-22(23)24(26-19-5-2)27-20-6-3/h14-15,17-18,24H,4-13,16,19-21H2,1-3H3. The van der Waals surface area contributed by atoms with Crippen LogP contribution in [0.3, 0.4) is 0 Å². The van der Waals surface area contributed by atoms with Gasteiger partial charge in [0.2, 0.25) is 0 Å². The van der Waals surface area contributed by atoms with Crippen LogP contribution in [0, 0.1) is 0 Å². The summed E-state index contributed by atoms with van der Waals surface area (Å²) >= 11 is 6.36. The summed E-state index contributed by atoms with van der Waals surface area (Å²) < 4.78 is 0.608. The number of unbranched alkanes of at least 4 members (excludes halogenated alkanes) is 8. The molecule has 0 aliphatic heterocycles. The quantitative estimate of drug-likeness (QED) is 0.130. The molecule has 0 bridgehead atoms. The highest BCUT2D eigenvalue weighted by Crippen LogP contribution is 2.43. The Kier molecular flexibility index (Phi) is 17.2. The minimum absolute atomic E-state index is 0.608. The van der Waals surface area contributed by atoms with Gasteiger partial charge in [-0.15, -0.1) is 35.3 Å². The van der Waals surface area contributed by atoms with Crippen LogP contribution in [0.5, 0.6) is 0 Å². The first-order valence-corrected chi connectivity index (χ1v) is 14.4. The van der Waals surface area contributed by atoms with E-state index in [-0.39, 0.29) is 0 Å². The summed E-state index contributed by atoms with van der Waals surface area (Å²) in [6.45, 7) is 6.88.